The first-order valence-corrected chi connectivity index (χ1v) is 8.92. The molecule has 0 saturated carbocycles. The molecule has 0 aliphatic rings. The number of methoxy groups -OCH3 is 1. The molecule has 0 atom stereocenters. The highest BCUT2D eigenvalue weighted by atomic mass is 32.2. The van der Waals surface area contributed by atoms with Gasteiger partial charge in [-0.05, 0) is 47.7 Å². The number of thioether (sulfide) groups is 1. The maximum absolute atomic E-state index is 14.4. The summed E-state index contributed by atoms with van der Waals surface area (Å²) in [7, 11) is 1.60. The number of rotatable bonds is 6. The molecule has 0 bridgehead atoms. The van der Waals surface area contributed by atoms with Crippen LogP contribution in [-0.2, 0) is 6.42 Å². The second-order valence-corrected chi connectivity index (χ2v) is 8.06. The van der Waals surface area contributed by atoms with Gasteiger partial charge in [-0.25, -0.2) is 4.39 Å². The highest BCUT2D eigenvalue weighted by Crippen LogP contribution is 2.37. The van der Waals surface area contributed by atoms with Gasteiger partial charge in [0.15, 0.2) is 0 Å². The maximum atomic E-state index is 14.4. The molecule has 0 amide bonds. The fourth-order valence-electron chi connectivity index (χ4n) is 2.58. The average Bonchev–Trinajstić information content (AvgIpc) is 2.47. The molecule has 0 unspecified atom stereocenters. The van der Waals surface area contributed by atoms with Crippen molar-refractivity contribution < 1.29 is 9.13 Å². The molecular formula is C20H25FOS. The first-order valence-electron chi connectivity index (χ1n) is 8.04. The third kappa shape index (κ3) is 4.74. The van der Waals surface area contributed by atoms with Crippen LogP contribution in [0, 0.1) is 11.7 Å². The second kappa shape index (κ2) is 7.87. The van der Waals surface area contributed by atoms with Crippen molar-refractivity contribution in [2.45, 2.75) is 44.3 Å². The van der Waals surface area contributed by atoms with E-state index in [0.29, 0.717) is 22.5 Å². The maximum Gasteiger partial charge on any atom is 0.131 e. The van der Waals surface area contributed by atoms with Gasteiger partial charge in [-0.1, -0.05) is 39.8 Å². The van der Waals surface area contributed by atoms with Gasteiger partial charge in [0.25, 0.3) is 0 Å². The van der Waals surface area contributed by atoms with Crippen molar-refractivity contribution in [3.63, 3.8) is 0 Å². The standard InChI is InChI=1S/C20H25FOS/c1-13(2)10-15-6-8-17(20(11-15)23-14(3)4)18-12-16(22-5)7-9-19(18)21/h6-9,11-14H,10H2,1-5H3. The van der Waals surface area contributed by atoms with E-state index < -0.39 is 0 Å². The van der Waals surface area contributed by atoms with Gasteiger partial charge in [0.1, 0.15) is 11.6 Å². The molecule has 124 valence electrons. The molecule has 0 N–H and O–H groups in total. The van der Waals surface area contributed by atoms with Crippen LogP contribution in [0.4, 0.5) is 4.39 Å². The number of benzene rings is 2. The van der Waals surface area contributed by atoms with E-state index in [9.17, 15) is 4.39 Å². The summed E-state index contributed by atoms with van der Waals surface area (Å²) >= 11 is 1.78. The van der Waals surface area contributed by atoms with Crippen molar-refractivity contribution in [1.29, 1.82) is 0 Å². The zero-order valence-electron chi connectivity index (χ0n) is 14.5. The predicted molar refractivity (Wildman–Crippen MR) is 97.9 cm³/mol. The molecule has 2 aromatic carbocycles. The molecule has 0 saturated heterocycles. The van der Waals surface area contributed by atoms with Crippen LogP contribution >= 0.6 is 11.8 Å². The Morgan fingerprint density at radius 1 is 1.00 bits per heavy atom. The van der Waals surface area contributed by atoms with Crippen LogP contribution in [0.2, 0.25) is 0 Å². The number of hydrogen-bond acceptors (Lipinski definition) is 2. The van der Waals surface area contributed by atoms with Crippen LogP contribution in [-0.4, -0.2) is 12.4 Å². The fourth-order valence-corrected chi connectivity index (χ4v) is 3.61. The number of ether oxygens (including phenoxy) is 1. The van der Waals surface area contributed by atoms with Gasteiger partial charge in [-0.15, -0.1) is 11.8 Å². The van der Waals surface area contributed by atoms with Gasteiger partial charge in [0, 0.05) is 15.7 Å². The lowest BCUT2D eigenvalue weighted by atomic mass is 9.98. The molecule has 0 spiro atoms. The van der Waals surface area contributed by atoms with Gasteiger partial charge in [0.05, 0.1) is 7.11 Å². The molecule has 23 heavy (non-hydrogen) atoms. The molecule has 2 aromatic rings. The first kappa shape index (κ1) is 17.9. The average molecular weight is 332 g/mol. The quantitative estimate of drug-likeness (QED) is 0.582. The smallest absolute Gasteiger partial charge is 0.131 e. The minimum absolute atomic E-state index is 0.215. The zero-order chi connectivity index (χ0) is 17.0. The summed E-state index contributed by atoms with van der Waals surface area (Å²) in [5, 5.41) is 0.441. The van der Waals surface area contributed by atoms with Crippen LogP contribution in [0.25, 0.3) is 11.1 Å². The van der Waals surface area contributed by atoms with E-state index in [4.69, 9.17) is 4.74 Å². The Kier molecular flexibility index (Phi) is 6.11. The molecule has 0 aliphatic carbocycles. The van der Waals surface area contributed by atoms with Crippen molar-refractivity contribution in [3.05, 3.63) is 47.8 Å². The van der Waals surface area contributed by atoms with Crippen LogP contribution in [0.15, 0.2) is 41.3 Å². The fraction of sp³-hybridized carbons (Fsp3) is 0.400. The predicted octanol–water partition coefficient (Wildman–Crippen LogP) is 6.20. The summed E-state index contributed by atoms with van der Waals surface area (Å²) in [6.45, 7) is 8.74. The summed E-state index contributed by atoms with van der Waals surface area (Å²) < 4.78 is 19.6. The van der Waals surface area contributed by atoms with E-state index in [0.717, 1.165) is 16.9 Å². The Morgan fingerprint density at radius 3 is 2.35 bits per heavy atom. The lowest BCUT2D eigenvalue weighted by Gasteiger charge is -2.15. The van der Waals surface area contributed by atoms with E-state index in [1.54, 1.807) is 31.0 Å². The van der Waals surface area contributed by atoms with Crippen molar-refractivity contribution in [2.75, 3.05) is 7.11 Å². The van der Waals surface area contributed by atoms with E-state index >= 15 is 0 Å². The van der Waals surface area contributed by atoms with E-state index in [2.05, 4.69) is 39.8 Å². The summed E-state index contributed by atoms with van der Waals surface area (Å²) in [6.07, 6.45) is 1.03. The largest absolute Gasteiger partial charge is 0.497 e. The number of halogens is 1. The van der Waals surface area contributed by atoms with Crippen LogP contribution in [0.5, 0.6) is 5.75 Å². The highest BCUT2D eigenvalue weighted by Gasteiger charge is 2.14. The first-order chi connectivity index (χ1) is 10.9. The van der Waals surface area contributed by atoms with Crippen molar-refractivity contribution >= 4 is 11.8 Å². The van der Waals surface area contributed by atoms with Crippen LogP contribution in [0.1, 0.15) is 33.3 Å². The summed E-state index contributed by atoms with van der Waals surface area (Å²) in [5.41, 5.74) is 2.84. The Morgan fingerprint density at radius 2 is 1.74 bits per heavy atom. The summed E-state index contributed by atoms with van der Waals surface area (Å²) in [5.74, 6) is 1.06. The lowest BCUT2D eigenvalue weighted by molar-refractivity contribution is 0.414. The third-order valence-electron chi connectivity index (χ3n) is 3.52. The molecule has 1 nitrogen and oxygen atoms in total. The Balaban J connectivity index is 2.52. The summed E-state index contributed by atoms with van der Waals surface area (Å²) in [4.78, 5) is 1.13. The van der Waals surface area contributed by atoms with Crippen molar-refractivity contribution in [1.82, 2.24) is 0 Å². The molecule has 3 heteroatoms. The van der Waals surface area contributed by atoms with E-state index in [1.807, 2.05) is 6.07 Å². The normalized spacial score (nSPS) is 11.3. The topological polar surface area (TPSA) is 9.23 Å². The highest BCUT2D eigenvalue weighted by molar-refractivity contribution is 8.00. The lowest BCUT2D eigenvalue weighted by Crippen LogP contribution is -1.97. The molecule has 0 radical (unpaired) electrons. The Hall–Kier alpha value is -1.48. The summed E-state index contributed by atoms with van der Waals surface area (Å²) in [6, 6.07) is 11.3. The molecular weight excluding hydrogens is 307 g/mol. The van der Waals surface area contributed by atoms with E-state index in [-0.39, 0.29) is 5.82 Å². The van der Waals surface area contributed by atoms with E-state index in [1.165, 1.54) is 11.6 Å². The Bertz CT molecular complexity index is 665. The van der Waals surface area contributed by atoms with Gasteiger partial charge < -0.3 is 4.74 Å². The van der Waals surface area contributed by atoms with Crippen molar-refractivity contribution in [2.24, 2.45) is 5.92 Å². The molecule has 0 aliphatic heterocycles. The molecule has 0 aromatic heterocycles. The zero-order valence-corrected chi connectivity index (χ0v) is 15.3. The van der Waals surface area contributed by atoms with Gasteiger partial charge in [-0.2, -0.15) is 0 Å². The third-order valence-corrected chi connectivity index (χ3v) is 4.58. The second-order valence-electron chi connectivity index (χ2n) is 6.44. The monoisotopic (exact) mass is 332 g/mol. The van der Waals surface area contributed by atoms with Crippen molar-refractivity contribution in [3.8, 4) is 16.9 Å². The minimum Gasteiger partial charge on any atom is -0.497 e. The SMILES string of the molecule is COc1ccc(F)c(-c2ccc(CC(C)C)cc2SC(C)C)c1. The Labute approximate surface area is 143 Å². The van der Waals surface area contributed by atoms with Gasteiger partial charge >= 0.3 is 0 Å². The van der Waals surface area contributed by atoms with Crippen LogP contribution in [0.3, 0.4) is 0 Å². The molecule has 0 heterocycles. The van der Waals surface area contributed by atoms with Gasteiger partial charge in [-0.3, -0.25) is 0 Å². The number of hydrogen-bond donors (Lipinski definition) is 0. The molecule has 2 rings (SSSR count). The minimum atomic E-state index is -0.215. The molecule has 0 fully saturated rings. The van der Waals surface area contributed by atoms with Gasteiger partial charge in [0.2, 0.25) is 0 Å². The van der Waals surface area contributed by atoms with Crippen LogP contribution < -0.4 is 4.74 Å².